The second kappa shape index (κ2) is 5.92. The molecule has 0 bridgehead atoms. The molecule has 102 valence electrons. The summed E-state index contributed by atoms with van der Waals surface area (Å²) in [6, 6.07) is 7.58. The first-order valence-corrected chi connectivity index (χ1v) is 6.90. The van der Waals surface area contributed by atoms with Crippen molar-refractivity contribution in [1.29, 1.82) is 0 Å². The Morgan fingerprint density at radius 3 is 2.15 bits per heavy atom. The second-order valence-electron chi connectivity index (χ2n) is 4.19. The van der Waals surface area contributed by atoms with Gasteiger partial charge >= 0.3 is 0 Å². The molecule has 0 fully saturated rings. The lowest BCUT2D eigenvalue weighted by Crippen LogP contribution is -2.14. The number of rotatable bonds is 5. The molecule has 0 unspecified atom stereocenters. The fourth-order valence-corrected chi connectivity index (χ4v) is 2.12. The van der Waals surface area contributed by atoms with Gasteiger partial charge in [0.15, 0.2) is 0 Å². The summed E-state index contributed by atoms with van der Waals surface area (Å²) < 4.78 is 11.8. The van der Waals surface area contributed by atoms with E-state index >= 15 is 0 Å². The zero-order valence-electron chi connectivity index (χ0n) is 10.5. The van der Waals surface area contributed by atoms with Crippen molar-refractivity contribution in [2.75, 3.05) is 11.9 Å². The van der Waals surface area contributed by atoms with Crippen LogP contribution >= 0.6 is 15.9 Å². The molecule has 3 rings (SSSR count). The molecule has 5 nitrogen and oxygen atoms in total. The van der Waals surface area contributed by atoms with Gasteiger partial charge in [0.1, 0.15) is 11.5 Å². The highest BCUT2D eigenvalue weighted by Crippen LogP contribution is 2.25. The Labute approximate surface area is 124 Å². The minimum Gasteiger partial charge on any atom is -0.469 e. The maximum Gasteiger partial charge on any atom is 0.222 e. The number of furan rings is 2. The second-order valence-corrected chi connectivity index (χ2v) is 5.10. The molecule has 0 aliphatic rings. The van der Waals surface area contributed by atoms with Crippen LogP contribution in [0.3, 0.4) is 0 Å². The summed E-state index contributed by atoms with van der Waals surface area (Å²) in [6.07, 6.45) is 6.71. The summed E-state index contributed by atoms with van der Waals surface area (Å²) in [5, 5.41) is 3.19. The van der Waals surface area contributed by atoms with E-state index in [1.54, 1.807) is 24.9 Å². The zero-order chi connectivity index (χ0) is 13.8. The minimum atomic E-state index is -0.0211. The topological polar surface area (TPSA) is 64.1 Å². The van der Waals surface area contributed by atoms with Crippen LogP contribution in [0.5, 0.6) is 0 Å². The number of nitrogens with zero attached hydrogens (tertiary/aromatic N) is 2. The van der Waals surface area contributed by atoms with E-state index in [2.05, 4.69) is 31.2 Å². The van der Waals surface area contributed by atoms with Crippen LogP contribution in [-0.4, -0.2) is 16.5 Å². The van der Waals surface area contributed by atoms with Gasteiger partial charge in [-0.15, -0.1) is 0 Å². The van der Waals surface area contributed by atoms with Crippen molar-refractivity contribution in [3.63, 3.8) is 0 Å². The van der Waals surface area contributed by atoms with Gasteiger partial charge in [0.05, 0.1) is 22.9 Å². The van der Waals surface area contributed by atoms with E-state index in [1.165, 1.54) is 0 Å². The van der Waals surface area contributed by atoms with Crippen molar-refractivity contribution in [2.24, 2.45) is 0 Å². The molecule has 0 atom stereocenters. The molecule has 3 aromatic rings. The molecule has 1 N–H and O–H groups in total. The van der Waals surface area contributed by atoms with Crippen molar-refractivity contribution in [2.45, 2.75) is 5.92 Å². The van der Waals surface area contributed by atoms with Crippen molar-refractivity contribution < 1.29 is 8.83 Å². The van der Waals surface area contributed by atoms with Crippen molar-refractivity contribution in [3.05, 3.63) is 65.2 Å². The normalized spacial score (nSPS) is 10.9. The average Bonchev–Trinajstić information content (AvgIpc) is 3.14. The molecule has 0 aromatic carbocycles. The van der Waals surface area contributed by atoms with Gasteiger partial charge < -0.3 is 14.2 Å². The Kier molecular flexibility index (Phi) is 3.83. The number of aromatic nitrogens is 2. The van der Waals surface area contributed by atoms with Crippen LogP contribution in [0, 0.1) is 0 Å². The van der Waals surface area contributed by atoms with Gasteiger partial charge in [-0.3, -0.25) is 0 Å². The van der Waals surface area contributed by atoms with Gasteiger partial charge in [0.25, 0.3) is 0 Å². The summed E-state index contributed by atoms with van der Waals surface area (Å²) in [4.78, 5) is 8.37. The van der Waals surface area contributed by atoms with Crippen LogP contribution in [0.15, 0.2) is 62.5 Å². The Balaban J connectivity index is 1.76. The average molecular weight is 334 g/mol. The van der Waals surface area contributed by atoms with Crippen molar-refractivity contribution in [3.8, 4) is 0 Å². The number of anilines is 1. The molecule has 6 heteroatoms. The van der Waals surface area contributed by atoms with Crippen molar-refractivity contribution >= 4 is 21.9 Å². The summed E-state index contributed by atoms with van der Waals surface area (Å²) in [5.41, 5.74) is 0. The molecule has 0 spiro atoms. The molecule has 0 aliphatic carbocycles. The number of nitrogens with one attached hydrogen (secondary N) is 1. The van der Waals surface area contributed by atoms with E-state index in [4.69, 9.17) is 8.83 Å². The van der Waals surface area contributed by atoms with Gasteiger partial charge in [-0.2, -0.15) is 0 Å². The van der Waals surface area contributed by atoms with Crippen LogP contribution in [0.2, 0.25) is 0 Å². The van der Waals surface area contributed by atoms with E-state index in [1.807, 2.05) is 24.3 Å². The van der Waals surface area contributed by atoms with E-state index in [0.717, 1.165) is 16.0 Å². The first-order chi connectivity index (χ1) is 9.83. The maximum atomic E-state index is 5.48. The fraction of sp³-hybridized carbons (Fsp3) is 0.143. The quantitative estimate of drug-likeness (QED) is 0.771. The summed E-state index contributed by atoms with van der Waals surface area (Å²) in [7, 11) is 0. The standard InChI is InChI=1S/C14H12BrN3O2/c15-10-7-16-14(17-8-10)18-9-11(12-3-1-5-19-12)13-4-2-6-20-13/h1-8,11H,9H2,(H,16,17,18). The van der Waals surface area contributed by atoms with E-state index in [0.29, 0.717) is 12.5 Å². The molecule has 0 amide bonds. The third kappa shape index (κ3) is 2.91. The maximum absolute atomic E-state index is 5.48. The van der Waals surface area contributed by atoms with Crippen LogP contribution in [-0.2, 0) is 0 Å². The van der Waals surface area contributed by atoms with E-state index < -0.39 is 0 Å². The van der Waals surface area contributed by atoms with Gasteiger partial charge in [-0.1, -0.05) is 0 Å². The minimum absolute atomic E-state index is 0.0211. The van der Waals surface area contributed by atoms with Crippen LogP contribution < -0.4 is 5.32 Å². The van der Waals surface area contributed by atoms with E-state index in [-0.39, 0.29) is 5.92 Å². The predicted molar refractivity (Wildman–Crippen MR) is 77.5 cm³/mol. The smallest absolute Gasteiger partial charge is 0.222 e. The molecule has 0 aliphatic heterocycles. The highest BCUT2D eigenvalue weighted by Gasteiger charge is 2.19. The molecule has 0 saturated heterocycles. The Morgan fingerprint density at radius 2 is 1.65 bits per heavy atom. The van der Waals surface area contributed by atoms with Crippen molar-refractivity contribution in [1.82, 2.24) is 9.97 Å². The summed E-state index contributed by atoms with van der Waals surface area (Å²) >= 11 is 3.31. The molecule has 0 radical (unpaired) electrons. The Hall–Kier alpha value is -2.08. The lowest BCUT2D eigenvalue weighted by atomic mass is 10.0. The SMILES string of the molecule is Brc1cnc(NCC(c2ccco2)c2ccco2)nc1. The fourth-order valence-electron chi connectivity index (χ4n) is 1.92. The Bertz CT molecular complexity index is 601. The molecular formula is C14H12BrN3O2. The first kappa shape index (κ1) is 12.9. The van der Waals surface area contributed by atoms with E-state index in [9.17, 15) is 0 Å². The zero-order valence-corrected chi connectivity index (χ0v) is 12.1. The van der Waals surface area contributed by atoms with Gasteiger partial charge in [-0.05, 0) is 40.2 Å². The lowest BCUT2D eigenvalue weighted by molar-refractivity contribution is 0.433. The number of halogens is 1. The van der Waals surface area contributed by atoms with Crippen LogP contribution in [0.4, 0.5) is 5.95 Å². The molecule has 3 aromatic heterocycles. The van der Waals surface area contributed by atoms with Gasteiger partial charge in [0, 0.05) is 18.9 Å². The van der Waals surface area contributed by atoms with Crippen LogP contribution in [0.25, 0.3) is 0 Å². The number of hydrogen-bond acceptors (Lipinski definition) is 5. The third-order valence-corrected chi connectivity index (χ3v) is 3.27. The highest BCUT2D eigenvalue weighted by molar-refractivity contribution is 9.10. The molecule has 3 heterocycles. The Morgan fingerprint density at radius 1 is 1.05 bits per heavy atom. The third-order valence-electron chi connectivity index (χ3n) is 2.86. The predicted octanol–water partition coefficient (Wildman–Crippen LogP) is 3.67. The molecule has 0 saturated carbocycles. The molecular weight excluding hydrogens is 322 g/mol. The summed E-state index contributed by atoms with van der Waals surface area (Å²) in [6.45, 7) is 0.586. The largest absolute Gasteiger partial charge is 0.469 e. The monoisotopic (exact) mass is 333 g/mol. The van der Waals surface area contributed by atoms with Crippen LogP contribution in [0.1, 0.15) is 17.4 Å². The van der Waals surface area contributed by atoms with Gasteiger partial charge in [0.2, 0.25) is 5.95 Å². The summed E-state index contributed by atoms with van der Waals surface area (Å²) in [5.74, 6) is 2.22. The molecule has 20 heavy (non-hydrogen) atoms. The highest BCUT2D eigenvalue weighted by atomic mass is 79.9. The first-order valence-electron chi connectivity index (χ1n) is 6.11. The number of hydrogen-bond donors (Lipinski definition) is 1. The lowest BCUT2D eigenvalue weighted by Gasteiger charge is -2.13. The van der Waals surface area contributed by atoms with Gasteiger partial charge in [-0.25, -0.2) is 9.97 Å².